The van der Waals surface area contributed by atoms with Crippen LogP contribution in [0.2, 0.25) is 5.02 Å². The van der Waals surface area contributed by atoms with Crippen LogP contribution in [0.5, 0.6) is 5.75 Å². The Bertz CT molecular complexity index is 1260. The van der Waals surface area contributed by atoms with Crippen LogP contribution in [0.1, 0.15) is 45.1 Å². The van der Waals surface area contributed by atoms with Crippen LogP contribution in [0.3, 0.4) is 0 Å². The SMILES string of the molecule is C1CCOC1.CCOc1ccccc1S(=O)(=O)C1=C(C)NC(C)=C(C(=O)OC)C1c1ccccc1Cl. The largest absolute Gasteiger partial charge is 0.493 e. The van der Waals surface area contributed by atoms with Gasteiger partial charge in [-0.3, -0.25) is 0 Å². The maximum Gasteiger partial charge on any atom is 0.336 e. The summed E-state index contributed by atoms with van der Waals surface area (Å²) in [5.41, 5.74) is 1.60. The number of halogens is 1. The van der Waals surface area contributed by atoms with E-state index in [0.29, 0.717) is 28.6 Å². The maximum absolute atomic E-state index is 14.0. The summed E-state index contributed by atoms with van der Waals surface area (Å²) in [6.07, 6.45) is 2.56. The first kappa shape index (κ1) is 27.8. The van der Waals surface area contributed by atoms with Gasteiger partial charge in [0.25, 0.3) is 0 Å². The van der Waals surface area contributed by atoms with Gasteiger partial charge in [0.2, 0.25) is 9.84 Å². The molecule has 2 aromatic carbocycles. The van der Waals surface area contributed by atoms with Crippen molar-refractivity contribution in [2.75, 3.05) is 26.9 Å². The first-order chi connectivity index (χ1) is 17.2. The Balaban J connectivity index is 0.000000642. The molecular formula is C27H32ClNO6S. The van der Waals surface area contributed by atoms with E-state index < -0.39 is 21.7 Å². The first-order valence-electron chi connectivity index (χ1n) is 11.8. The van der Waals surface area contributed by atoms with Crippen molar-refractivity contribution in [3.05, 3.63) is 81.0 Å². The molecule has 4 rings (SSSR count). The van der Waals surface area contributed by atoms with E-state index in [2.05, 4.69) is 5.32 Å². The number of dihydropyridines is 1. The van der Waals surface area contributed by atoms with E-state index in [-0.39, 0.29) is 21.1 Å². The van der Waals surface area contributed by atoms with E-state index in [9.17, 15) is 13.2 Å². The molecule has 1 N–H and O–H groups in total. The summed E-state index contributed by atoms with van der Waals surface area (Å²) in [5, 5.41) is 3.39. The number of carbonyl (C=O) groups is 1. The number of ether oxygens (including phenoxy) is 3. The minimum atomic E-state index is -4.08. The van der Waals surface area contributed by atoms with Crippen molar-refractivity contribution in [2.45, 2.75) is 44.4 Å². The van der Waals surface area contributed by atoms with Crippen LogP contribution in [0.15, 0.2) is 75.3 Å². The van der Waals surface area contributed by atoms with E-state index in [1.807, 2.05) is 0 Å². The number of allylic oxidation sites excluding steroid dienone is 3. The van der Waals surface area contributed by atoms with Gasteiger partial charge < -0.3 is 19.5 Å². The van der Waals surface area contributed by atoms with Crippen LogP contribution < -0.4 is 10.1 Å². The number of esters is 1. The zero-order valence-electron chi connectivity index (χ0n) is 21.0. The van der Waals surface area contributed by atoms with Gasteiger partial charge in [0, 0.05) is 29.6 Å². The highest BCUT2D eigenvalue weighted by Crippen LogP contribution is 2.46. The topological polar surface area (TPSA) is 90.9 Å². The second-order valence-electron chi connectivity index (χ2n) is 8.30. The molecule has 36 heavy (non-hydrogen) atoms. The Morgan fingerprint density at radius 2 is 1.69 bits per heavy atom. The highest BCUT2D eigenvalue weighted by Gasteiger charge is 2.42. The minimum absolute atomic E-state index is 0.0221. The number of hydrogen-bond donors (Lipinski definition) is 1. The molecule has 194 valence electrons. The van der Waals surface area contributed by atoms with Crippen molar-refractivity contribution in [2.24, 2.45) is 0 Å². The van der Waals surface area contributed by atoms with Crippen molar-refractivity contribution in [3.8, 4) is 5.75 Å². The average Bonchev–Trinajstić information content (AvgIpc) is 3.44. The quantitative estimate of drug-likeness (QED) is 0.499. The molecule has 9 heteroatoms. The van der Waals surface area contributed by atoms with Crippen molar-refractivity contribution < 1.29 is 27.4 Å². The second-order valence-corrected chi connectivity index (χ2v) is 10.6. The normalized spacial score (nSPS) is 17.8. The summed E-state index contributed by atoms with van der Waals surface area (Å²) >= 11 is 6.47. The third-order valence-corrected chi connectivity index (χ3v) is 8.26. The van der Waals surface area contributed by atoms with E-state index in [1.165, 1.54) is 26.0 Å². The van der Waals surface area contributed by atoms with Crippen LogP contribution in [0.25, 0.3) is 0 Å². The molecule has 0 aromatic heterocycles. The van der Waals surface area contributed by atoms with Crippen LogP contribution in [0, 0.1) is 0 Å². The standard InChI is InChI=1S/C23H24ClNO5S.C4H8O/c1-5-30-18-12-8-9-13-19(18)31(27,28)22-15(3)25-14(2)20(23(26)29-4)21(22)16-10-6-7-11-17(16)24;1-2-4-5-3-1/h6-13,21,25H,5H2,1-4H3;1-4H2. The van der Waals surface area contributed by atoms with Gasteiger partial charge >= 0.3 is 5.97 Å². The van der Waals surface area contributed by atoms with Crippen molar-refractivity contribution >= 4 is 27.4 Å². The molecule has 7 nitrogen and oxygen atoms in total. The van der Waals surface area contributed by atoms with Gasteiger partial charge in [-0.05, 0) is 57.4 Å². The lowest BCUT2D eigenvalue weighted by Gasteiger charge is -2.31. The van der Waals surface area contributed by atoms with Gasteiger partial charge in [-0.2, -0.15) is 0 Å². The number of benzene rings is 2. The Labute approximate surface area is 218 Å². The molecule has 2 aromatic rings. The molecule has 2 heterocycles. The van der Waals surface area contributed by atoms with E-state index >= 15 is 0 Å². The zero-order chi connectivity index (χ0) is 26.3. The number of hydrogen-bond acceptors (Lipinski definition) is 7. The van der Waals surface area contributed by atoms with Crippen LogP contribution >= 0.6 is 11.6 Å². The van der Waals surface area contributed by atoms with Gasteiger partial charge in [-0.15, -0.1) is 0 Å². The molecular weight excluding hydrogens is 502 g/mol. The summed E-state index contributed by atoms with van der Waals surface area (Å²) in [5.74, 6) is -1.33. The van der Waals surface area contributed by atoms with Gasteiger partial charge in [-0.25, -0.2) is 13.2 Å². The number of sulfone groups is 1. The minimum Gasteiger partial charge on any atom is -0.493 e. The lowest BCUT2D eigenvalue weighted by Crippen LogP contribution is -2.32. The number of rotatable bonds is 6. The van der Waals surface area contributed by atoms with E-state index in [4.69, 9.17) is 25.8 Å². The average molecular weight is 534 g/mol. The lowest BCUT2D eigenvalue weighted by atomic mass is 9.86. The van der Waals surface area contributed by atoms with Gasteiger partial charge in [0.15, 0.2) is 0 Å². The summed E-state index contributed by atoms with van der Waals surface area (Å²) in [4.78, 5) is 12.8. The number of nitrogens with one attached hydrogen (secondary N) is 1. The van der Waals surface area contributed by atoms with Crippen molar-refractivity contribution in [1.29, 1.82) is 0 Å². The maximum atomic E-state index is 14.0. The fourth-order valence-electron chi connectivity index (χ4n) is 4.29. The fourth-order valence-corrected chi connectivity index (χ4v) is 6.43. The molecule has 2 aliphatic rings. The Morgan fingerprint density at radius 3 is 2.28 bits per heavy atom. The molecule has 0 bridgehead atoms. The van der Waals surface area contributed by atoms with Gasteiger partial charge in [0.05, 0.1) is 30.1 Å². The molecule has 0 spiro atoms. The van der Waals surface area contributed by atoms with Gasteiger partial charge in [-0.1, -0.05) is 41.9 Å². The van der Waals surface area contributed by atoms with Gasteiger partial charge in [0.1, 0.15) is 10.6 Å². The second kappa shape index (κ2) is 12.4. The van der Waals surface area contributed by atoms with Crippen molar-refractivity contribution in [3.63, 3.8) is 0 Å². The van der Waals surface area contributed by atoms with Crippen LogP contribution in [0.4, 0.5) is 0 Å². The van der Waals surface area contributed by atoms with Crippen LogP contribution in [-0.4, -0.2) is 41.3 Å². The zero-order valence-corrected chi connectivity index (χ0v) is 22.5. The Hall–Kier alpha value is -2.81. The highest BCUT2D eigenvalue weighted by molar-refractivity contribution is 7.95. The first-order valence-corrected chi connectivity index (χ1v) is 13.7. The molecule has 1 atom stereocenters. The molecule has 2 aliphatic heterocycles. The third-order valence-electron chi connectivity index (χ3n) is 5.88. The van der Waals surface area contributed by atoms with E-state index in [1.54, 1.807) is 63.2 Å². The fraction of sp³-hybridized carbons (Fsp3) is 0.370. The molecule has 1 fully saturated rings. The number of para-hydroxylation sites is 1. The summed E-state index contributed by atoms with van der Waals surface area (Å²) in [6, 6.07) is 13.3. The summed E-state index contributed by atoms with van der Waals surface area (Å²) < 4.78 is 43.4. The van der Waals surface area contributed by atoms with Crippen LogP contribution in [-0.2, 0) is 24.1 Å². The molecule has 1 unspecified atom stereocenters. The molecule has 0 amide bonds. The lowest BCUT2D eigenvalue weighted by molar-refractivity contribution is -0.136. The predicted molar refractivity (Wildman–Crippen MR) is 140 cm³/mol. The molecule has 0 saturated carbocycles. The Morgan fingerprint density at radius 1 is 1.06 bits per heavy atom. The predicted octanol–water partition coefficient (Wildman–Crippen LogP) is 5.37. The van der Waals surface area contributed by atoms with E-state index in [0.717, 1.165) is 13.2 Å². The summed E-state index contributed by atoms with van der Waals surface area (Å²) in [6.45, 7) is 7.46. The number of methoxy groups -OCH3 is 1. The number of carbonyl (C=O) groups excluding carboxylic acids is 1. The third kappa shape index (κ3) is 5.94. The molecule has 1 saturated heterocycles. The highest BCUT2D eigenvalue weighted by atomic mass is 35.5. The smallest absolute Gasteiger partial charge is 0.336 e. The van der Waals surface area contributed by atoms with Crippen molar-refractivity contribution in [1.82, 2.24) is 5.32 Å². The summed E-state index contributed by atoms with van der Waals surface area (Å²) in [7, 11) is -2.82. The Kier molecular flexibility index (Phi) is 9.59. The molecule has 0 radical (unpaired) electrons. The monoisotopic (exact) mass is 533 g/mol. The molecule has 0 aliphatic carbocycles.